The van der Waals surface area contributed by atoms with Crippen LogP contribution in [0.25, 0.3) is 5.57 Å². The zero-order chi connectivity index (χ0) is 9.26. The van der Waals surface area contributed by atoms with Gasteiger partial charge in [0, 0.05) is 11.5 Å². The van der Waals surface area contributed by atoms with Crippen molar-refractivity contribution in [2.75, 3.05) is 0 Å². The van der Waals surface area contributed by atoms with E-state index in [2.05, 4.69) is 6.58 Å². The molecule has 0 bridgehead atoms. The van der Waals surface area contributed by atoms with Crippen molar-refractivity contribution in [3.63, 3.8) is 0 Å². The lowest BCUT2D eigenvalue weighted by Gasteiger charge is -2.02. The van der Waals surface area contributed by atoms with Crippen LogP contribution in [-0.2, 0) is 4.79 Å². The number of carbonyl (C=O) groups excluding carboxylic acids is 1. The number of carbonyl (C=O) groups is 1. The van der Waals surface area contributed by atoms with E-state index in [1.807, 2.05) is 30.3 Å². The Hall–Kier alpha value is -1.37. The summed E-state index contributed by atoms with van der Waals surface area (Å²) in [7, 11) is 0. The summed E-state index contributed by atoms with van der Waals surface area (Å²) in [5, 5.41) is 0. The lowest BCUT2D eigenvalue weighted by molar-refractivity contribution is -0.114. The highest BCUT2D eigenvalue weighted by Crippen LogP contribution is 2.34. The number of Topliss-reactive ketones (excluding diaryl/α,β-unsaturated/α-hetero) is 1. The van der Waals surface area contributed by atoms with E-state index in [1.54, 1.807) is 0 Å². The molecule has 0 heterocycles. The molecule has 0 unspecified atom stereocenters. The molecule has 2 rings (SSSR count). The minimum atomic E-state index is 0.228. The van der Waals surface area contributed by atoms with E-state index in [9.17, 15) is 4.79 Å². The fourth-order valence-corrected chi connectivity index (χ4v) is 1.37. The maximum atomic E-state index is 11.6. The van der Waals surface area contributed by atoms with Crippen LogP contribution >= 0.6 is 0 Å². The fourth-order valence-electron chi connectivity index (χ4n) is 1.37. The summed E-state index contributed by atoms with van der Waals surface area (Å²) >= 11 is 0. The van der Waals surface area contributed by atoms with E-state index < -0.39 is 0 Å². The highest BCUT2D eigenvalue weighted by atomic mass is 16.1. The number of allylic oxidation sites excluding steroid dienone is 1. The van der Waals surface area contributed by atoms with Crippen LogP contribution in [0.5, 0.6) is 0 Å². The van der Waals surface area contributed by atoms with Crippen LogP contribution in [0.3, 0.4) is 0 Å². The van der Waals surface area contributed by atoms with E-state index in [4.69, 9.17) is 0 Å². The van der Waals surface area contributed by atoms with Gasteiger partial charge in [-0.25, -0.2) is 0 Å². The zero-order valence-corrected chi connectivity index (χ0v) is 7.49. The Morgan fingerprint density at radius 3 is 2.38 bits per heavy atom. The molecule has 1 aliphatic rings. The summed E-state index contributed by atoms with van der Waals surface area (Å²) in [6, 6.07) is 9.67. The van der Waals surface area contributed by atoms with Gasteiger partial charge in [0.05, 0.1) is 0 Å². The maximum absolute atomic E-state index is 11.6. The monoisotopic (exact) mass is 172 g/mol. The van der Waals surface area contributed by atoms with Crippen molar-refractivity contribution in [1.29, 1.82) is 0 Å². The third kappa shape index (κ3) is 1.69. The molecule has 1 saturated carbocycles. The summed E-state index contributed by atoms with van der Waals surface area (Å²) in [6.07, 6.45) is 2.09. The normalized spacial score (nSPS) is 15.4. The summed E-state index contributed by atoms with van der Waals surface area (Å²) in [4.78, 5) is 11.6. The molecular formula is C12H12O. The third-order valence-electron chi connectivity index (χ3n) is 2.37. The molecule has 0 amide bonds. The van der Waals surface area contributed by atoms with Gasteiger partial charge in [0.1, 0.15) is 0 Å². The molecular weight excluding hydrogens is 160 g/mol. The fraction of sp³-hybridized carbons (Fsp3) is 0.250. The molecule has 0 aliphatic heterocycles. The van der Waals surface area contributed by atoms with Gasteiger partial charge in [0.15, 0.2) is 5.78 Å². The standard InChI is InChI=1S/C12H12O/c1-9(12(13)11-7-8-11)10-5-3-2-4-6-10/h2-6,11H,1,7-8H2. The van der Waals surface area contributed by atoms with Crippen molar-refractivity contribution in [2.24, 2.45) is 5.92 Å². The first-order valence-corrected chi connectivity index (χ1v) is 4.57. The Balaban J connectivity index is 2.17. The molecule has 0 radical (unpaired) electrons. The van der Waals surface area contributed by atoms with Gasteiger partial charge < -0.3 is 0 Å². The Morgan fingerprint density at radius 1 is 1.23 bits per heavy atom. The summed E-state index contributed by atoms with van der Waals surface area (Å²) in [5.41, 5.74) is 1.63. The van der Waals surface area contributed by atoms with Crippen molar-refractivity contribution in [3.8, 4) is 0 Å². The summed E-state index contributed by atoms with van der Waals surface area (Å²) in [6.45, 7) is 3.84. The molecule has 1 aliphatic carbocycles. The topological polar surface area (TPSA) is 17.1 Å². The highest BCUT2D eigenvalue weighted by Gasteiger charge is 2.31. The molecule has 66 valence electrons. The predicted octanol–water partition coefficient (Wildman–Crippen LogP) is 2.68. The number of rotatable bonds is 3. The van der Waals surface area contributed by atoms with Crippen LogP contribution in [0.1, 0.15) is 18.4 Å². The molecule has 1 aromatic carbocycles. The van der Waals surface area contributed by atoms with Crippen LogP contribution in [0.4, 0.5) is 0 Å². The van der Waals surface area contributed by atoms with E-state index in [-0.39, 0.29) is 11.7 Å². The molecule has 1 aromatic rings. The van der Waals surface area contributed by atoms with E-state index in [0.717, 1.165) is 18.4 Å². The van der Waals surface area contributed by atoms with Gasteiger partial charge in [-0.15, -0.1) is 0 Å². The first-order valence-electron chi connectivity index (χ1n) is 4.57. The summed E-state index contributed by atoms with van der Waals surface area (Å²) in [5.74, 6) is 0.499. The average Bonchev–Trinajstić information content (AvgIpc) is 3.00. The molecule has 1 nitrogen and oxygen atoms in total. The van der Waals surface area contributed by atoms with Gasteiger partial charge in [0.2, 0.25) is 0 Å². The predicted molar refractivity (Wildman–Crippen MR) is 53.2 cm³/mol. The minimum Gasteiger partial charge on any atom is -0.294 e. The van der Waals surface area contributed by atoms with E-state index in [1.165, 1.54) is 0 Å². The third-order valence-corrected chi connectivity index (χ3v) is 2.37. The first-order chi connectivity index (χ1) is 6.29. The average molecular weight is 172 g/mol. The Morgan fingerprint density at radius 2 is 1.85 bits per heavy atom. The Labute approximate surface area is 78.1 Å². The molecule has 0 aromatic heterocycles. The van der Waals surface area contributed by atoms with Crippen LogP contribution in [-0.4, -0.2) is 5.78 Å². The number of benzene rings is 1. The molecule has 0 atom stereocenters. The molecule has 0 spiro atoms. The van der Waals surface area contributed by atoms with E-state index >= 15 is 0 Å². The molecule has 0 N–H and O–H groups in total. The SMILES string of the molecule is C=C(C(=O)C1CC1)c1ccccc1. The lowest BCUT2D eigenvalue weighted by Crippen LogP contribution is -2.02. The second-order valence-electron chi connectivity index (χ2n) is 3.48. The molecule has 13 heavy (non-hydrogen) atoms. The van der Waals surface area contributed by atoms with Gasteiger partial charge in [-0.2, -0.15) is 0 Å². The van der Waals surface area contributed by atoms with Gasteiger partial charge in [0.25, 0.3) is 0 Å². The van der Waals surface area contributed by atoms with Crippen LogP contribution in [0.15, 0.2) is 36.9 Å². The van der Waals surface area contributed by atoms with Crippen molar-refractivity contribution in [1.82, 2.24) is 0 Å². The summed E-state index contributed by atoms with van der Waals surface area (Å²) < 4.78 is 0. The highest BCUT2D eigenvalue weighted by molar-refractivity contribution is 6.21. The van der Waals surface area contributed by atoms with E-state index in [0.29, 0.717) is 5.57 Å². The van der Waals surface area contributed by atoms with Crippen molar-refractivity contribution >= 4 is 11.4 Å². The van der Waals surface area contributed by atoms with Crippen LogP contribution < -0.4 is 0 Å². The number of hydrogen-bond donors (Lipinski definition) is 0. The molecule has 0 saturated heterocycles. The largest absolute Gasteiger partial charge is 0.294 e. The molecule has 1 fully saturated rings. The van der Waals surface area contributed by atoms with Gasteiger partial charge in [-0.1, -0.05) is 36.9 Å². The Kier molecular flexibility index (Phi) is 2.01. The van der Waals surface area contributed by atoms with Gasteiger partial charge >= 0.3 is 0 Å². The number of ketones is 1. The minimum absolute atomic E-state index is 0.228. The van der Waals surface area contributed by atoms with Crippen LogP contribution in [0.2, 0.25) is 0 Å². The quantitative estimate of drug-likeness (QED) is 0.640. The van der Waals surface area contributed by atoms with Crippen molar-refractivity contribution < 1.29 is 4.79 Å². The second kappa shape index (κ2) is 3.17. The van der Waals surface area contributed by atoms with Crippen LogP contribution in [0, 0.1) is 5.92 Å². The maximum Gasteiger partial charge on any atom is 0.165 e. The Bertz CT molecular complexity index is 333. The second-order valence-corrected chi connectivity index (χ2v) is 3.48. The van der Waals surface area contributed by atoms with Gasteiger partial charge in [-0.3, -0.25) is 4.79 Å². The van der Waals surface area contributed by atoms with Gasteiger partial charge in [-0.05, 0) is 18.4 Å². The lowest BCUT2D eigenvalue weighted by atomic mass is 10.0. The first kappa shape index (κ1) is 8.24. The number of hydrogen-bond acceptors (Lipinski definition) is 1. The van der Waals surface area contributed by atoms with Crippen molar-refractivity contribution in [2.45, 2.75) is 12.8 Å². The molecule has 1 heteroatoms. The van der Waals surface area contributed by atoms with Crippen molar-refractivity contribution in [3.05, 3.63) is 42.5 Å². The smallest absolute Gasteiger partial charge is 0.165 e. The zero-order valence-electron chi connectivity index (χ0n) is 7.49.